The molecule has 1 fully saturated rings. The van der Waals surface area contributed by atoms with Crippen LogP contribution in [-0.2, 0) is 23.9 Å². The van der Waals surface area contributed by atoms with Crippen LogP contribution in [0.4, 0.5) is 4.79 Å². The molecule has 0 aromatic rings. The van der Waals surface area contributed by atoms with Crippen LogP contribution in [0.1, 0.15) is 33.6 Å². The average molecular weight is 299 g/mol. The number of ketones is 1. The summed E-state index contributed by atoms with van der Waals surface area (Å²) in [6, 6.07) is 0. The number of Topliss-reactive ketones (excluding diaryl/α,β-unsaturated/α-hetero) is 1. The van der Waals surface area contributed by atoms with E-state index in [-0.39, 0.29) is 31.8 Å². The maximum Gasteiger partial charge on any atom is 0.416 e. The van der Waals surface area contributed by atoms with Gasteiger partial charge in [-0.3, -0.25) is 14.4 Å². The van der Waals surface area contributed by atoms with E-state index in [1.165, 1.54) is 7.11 Å². The van der Waals surface area contributed by atoms with E-state index in [1.54, 1.807) is 20.8 Å². The fourth-order valence-corrected chi connectivity index (χ4v) is 1.88. The minimum absolute atomic E-state index is 0.0925. The minimum Gasteiger partial charge on any atom is -0.469 e. The topological polar surface area (TPSA) is 90.0 Å². The normalized spacial score (nSPS) is 16.4. The fourth-order valence-electron chi connectivity index (χ4n) is 1.88. The second kappa shape index (κ2) is 6.69. The number of carbonyl (C=O) groups is 4. The monoisotopic (exact) mass is 299 g/mol. The number of hydrogen-bond donors (Lipinski definition) is 0. The molecule has 0 saturated carbocycles. The molecule has 1 heterocycles. The lowest BCUT2D eigenvalue weighted by Gasteiger charge is -2.21. The average Bonchev–Trinajstić information content (AvgIpc) is 2.82. The molecule has 0 bridgehead atoms. The van der Waals surface area contributed by atoms with Gasteiger partial charge in [-0.1, -0.05) is 20.8 Å². The molecule has 0 aromatic heterocycles. The van der Waals surface area contributed by atoms with Crippen LogP contribution in [0.15, 0.2) is 0 Å². The third-order valence-electron chi connectivity index (χ3n) is 3.29. The first-order valence-electron chi connectivity index (χ1n) is 6.75. The number of ether oxygens (including phenoxy) is 2. The molecular formula is C14H21NO6. The van der Waals surface area contributed by atoms with Crippen molar-refractivity contribution in [1.29, 1.82) is 0 Å². The molecule has 1 aliphatic rings. The number of nitrogens with zero attached hydrogens (tertiary/aromatic N) is 1. The molecule has 0 radical (unpaired) electrons. The lowest BCUT2D eigenvalue weighted by molar-refractivity contribution is -0.150. The van der Waals surface area contributed by atoms with E-state index >= 15 is 0 Å². The smallest absolute Gasteiger partial charge is 0.416 e. The van der Waals surface area contributed by atoms with Crippen LogP contribution in [0, 0.1) is 11.3 Å². The van der Waals surface area contributed by atoms with Crippen LogP contribution in [0.2, 0.25) is 0 Å². The molecule has 1 atom stereocenters. The fraction of sp³-hybridized carbons (Fsp3) is 0.714. The highest BCUT2D eigenvalue weighted by atomic mass is 16.6. The van der Waals surface area contributed by atoms with Gasteiger partial charge < -0.3 is 9.47 Å². The maximum atomic E-state index is 12.0. The van der Waals surface area contributed by atoms with E-state index in [2.05, 4.69) is 9.47 Å². The van der Waals surface area contributed by atoms with Gasteiger partial charge in [0.25, 0.3) is 0 Å². The lowest BCUT2D eigenvalue weighted by atomic mass is 9.84. The number of imide groups is 1. The predicted octanol–water partition coefficient (Wildman–Crippen LogP) is 1.15. The number of hydrogen-bond acceptors (Lipinski definition) is 6. The first kappa shape index (κ1) is 17.1. The molecule has 1 rings (SSSR count). The molecule has 1 saturated heterocycles. The summed E-state index contributed by atoms with van der Waals surface area (Å²) in [6.07, 6.45) is -1.06. The molecule has 2 amide bonds. The summed E-state index contributed by atoms with van der Waals surface area (Å²) in [5, 5.41) is 0. The van der Waals surface area contributed by atoms with Crippen molar-refractivity contribution in [2.75, 3.05) is 20.3 Å². The molecule has 0 aliphatic carbocycles. The van der Waals surface area contributed by atoms with Crippen molar-refractivity contribution in [3.05, 3.63) is 0 Å². The third kappa shape index (κ3) is 4.54. The summed E-state index contributed by atoms with van der Waals surface area (Å²) < 4.78 is 9.31. The molecule has 0 spiro atoms. The van der Waals surface area contributed by atoms with E-state index in [4.69, 9.17) is 0 Å². The number of cyclic esters (lactones) is 1. The highest BCUT2D eigenvalue weighted by Crippen LogP contribution is 2.23. The van der Waals surface area contributed by atoms with Crippen molar-refractivity contribution in [2.45, 2.75) is 33.6 Å². The van der Waals surface area contributed by atoms with Crippen molar-refractivity contribution in [3.63, 3.8) is 0 Å². The van der Waals surface area contributed by atoms with Gasteiger partial charge in [-0.25, -0.2) is 9.69 Å². The molecule has 118 valence electrons. The number of carbonyl (C=O) groups excluding carboxylic acids is 4. The first-order chi connectivity index (χ1) is 9.66. The van der Waals surface area contributed by atoms with Gasteiger partial charge in [0.2, 0.25) is 5.91 Å². The Hall–Kier alpha value is -1.92. The Morgan fingerprint density at radius 3 is 2.33 bits per heavy atom. The molecule has 7 nitrogen and oxygen atoms in total. The number of rotatable bonds is 5. The van der Waals surface area contributed by atoms with Crippen molar-refractivity contribution < 1.29 is 28.7 Å². The second-order valence-electron chi connectivity index (χ2n) is 5.96. The largest absolute Gasteiger partial charge is 0.469 e. The van der Waals surface area contributed by atoms with Crippen LogP contribution in [0.25, 0.3) is 0 Å². The molecule has 1 aliphatic heterocycles. The van der Waals surface area contributed by atoms with E-state index in [0.29, 0.717) is 0 Å². The predicted molar refractivity (Wildman–Crippen MR) is 72.3 cm³/mol. The Bertz CT molecular complexity index is 451. The molecule has 7 heteroatoms. The van der Waals surface area contributed by atoms with Gasteiger partial charge in [-0.15, -0.1) is 0 Å². The van der Waals surface area contributed by atoms with Crippen LogP contribution < -0.4 is 0 Å². The molecular weight excluding hydrogens is 278 g/mol. The van der Waals surface area contributed by atoms with Gasteiger partial charge in [0, 0.05) is 18.3 Å². The Morgan fingerprint density at radius 1 is 1.29 bits per heavy atom. The van der Waals surface area contributed by atoms with E-state index in [0.717, 1.165) is 4.90 Å². The van der Waals surface area contributed by atoms with Crippen molar-refractivity contribution in [3.8, 4) is 0 Å². The zero-order chi connectivity index (χ0) is 16.2. The van der Waals surface area contributed by atoms with Crippen molar-refractivity contribution >= 4 is 23.8 Å². The maximum absolute atomic E-state index is 12.0. The molecule has 21 heavy (non-hydrogen) atoms. The molecule has 0 N–H and O–H groups in total. The highest BCUT2D eigenvalue weighted by molar-refractivity contribution is 5.96. The van der Waals surface area contributed by atoms with Gasteiger partial charge in [0.1, 0.15) is 12.4 Å². The summed E-state index contributed by atoms with van der Waals surface area (Å²) in [7, 11) is 1.20. The van der Waals surface area contributed by atoms with Gasteiger partial charge in [0.15, 0.2) is 0 Å². The quantitative estimate of drug-likeness (QED) is 0.707. The summed E-state index contributed by atoms with van der Waals surface area (Å²) in [5.41, 5.74) is -0.609. The number of methoxy groups -OCH3 is 1. The lowest BCUT2D eigenvalue weighted by Crippen LogP contribution is -2.36. The van der Waals surface area contributed by atoms with Crippen LogP contribution in [-0.4, -0.2) is 48.9 Å². The van der Waals surface area contributed by atoms with Crippen LogP contribution >= 0.6 is 0 Å². The highest BCUT2D eigenvalue weighted by Gasteiger charge is 2.35. The van der Waals surface area contributed by atoms with Gasteiger partial charge >= 0.3 is 12.1 Å². The summed E-state index contributed by atoms with van der Waals surface area (Å²) in [4.78, 5) is 48.1. The number of amides is 2. The SMILES string of the molecule is COC(=O)[C@@H](CC(=O)N1CCOC1=O)CC(=O)C(C)(C)C. The van der Waals surface area contributed by atoms with E-state index in [1.807, 2.05) is 0 Å². The second-order valence-corrected chi connectivity index (χ2v) is 5.96. The summed E-state index contributed by atoms with van der Waals surface area (Å²) in [6.45, 7) is 5.53. The Labute approximate surface area is 123 Å². The number of esters is 1. The first-order valence-corrected chi connectivity index (χ1v) is 6.75. The standard InChI is InChI=1S/C14H21NO6/c1-14(2,3)10(16)7-9(12(18)20-4)8-11(17)15-5-6-21-13(15)19/h9H,5-8H2,1-4H3/t9-/m1/s1. The third-order valence-corrected chi connectivity index (χ3v) is 3.29. The summed E-state index contributed by atoms with van der Waals surface area (Å²) >= 11 is 0. The van der Waals surface area contributed by atoms with E-state index in [9.17, 15) is 19.2 Å². The van der Waals surface area contributed by atoms with E-state index < -0.39 is 29.3 Å². The van der Waals surface area contributed by atoms with Gasteiger partial charge in [-0.05, 0) is 0 Å². The zero-order valence-corrected chi connectivity index (χ0v) is 12.8. The van der Waals surface area contributed by atoms with Crippen molar-refractivity contribution in [1.82, 2.24) is 4.90 Å². The Balaban J connectivity index is 2.75. The van der Waals surface area contributed by atoms with Crippen LogP contribution in [0.3, 0.4) is 0 Å². The Kier molecular flexibility index (Phi) is 5.46. The van der Waals surface area contributed by atoms with Crippen molar-refractivity contribution in [2.24, 2.45) is 11.3 Å². The minimum atomic E-state index is -0.886. The van der Waals surface area contributed by atoms with Crippen LogP contribution in [0.5, 0.6) is 0 Å². The molecule has 0 aromatic carbocycles. The summed E-state index contributed by atoms with van der Waals surface area (Å²) in [5.74, 6) is -2.19. The zero-order valence-electron chi connectivity index (χ0n) is 12.8. The van der Waals surface area contributed by atoms with Gasteiger partial charge in [0.05, 0.1) is 19.6 Å². The Morgan fingerprint density at radius 2 is 1.90 bits per heavy atom. The van der Waals surface area contributed by atoms with Gasteiger partial charge in [-0.2, -0.15) is 0 Å². The molecule has 0 unspecified atom stereocenters.